The monoisotopic (exact) mass is 288 g/mol. The molecule has 5 heteroatoms. The number of carbonyl (C=O) groups is 1. The van der Waals surface area contributed by atoms with Crippen LogP contribution in [0, 0.1) is 6.92 Å². The van der Waals surface area contributed by atoms with Gasteiger partial charge in [0, 0.05) is 5.70 Å². The lowest BCUT2D eigenvalue weighted by atomic mass is 9.96. The zero-order valence-electron chi connectivity index (χ0n) is 12.8. The maximum atomic E-state index is 12.2. The van der Waals surface area contributed by atoms with E-state index in [0.29, 0.717) is 23.9 Å². The molecule has 0 radical (unpaired) electrons. The summed E-state index contributed by atoms with van der Waals surface area (Å²) in [4.78, 5) is 16.7. The molecule has 2 rings (SSSR count). The molecule has 0 aromatic heterocycles. The number of ether oxygens (including phenoxy) is 2. The lowest BCUT2D eigenvalue weighted by molar-refractivity contribution is -0.138. The van der Waals surface area contributed by atoms with Crippen molar-refractivity contribution in [3.63, 3.8) is 0 Å². The topological polar surface area (TPSA) is 59.9 Å². The highest BCUT2D eigenvalue weighted by Crippen LogP contribution is 2.31. The zero-order valence-corrected chi connectivity index (χ0v) is 12.8. The average molecular weight is 288 g/mol. The summed E-state index contributed by atoms with van der Waals surface area (Å²) in [5.41, 5.74) is 3.30. The Morgan fingerprint density at radius 1 is 1.29 bits per heavy atom. The molecule has 112 valence electrons. The smallest absolute Gasteiger partial charge is 0.338 e. The summed E-state index contributed by atoms with van der Waals surface area (Å²) in [6.07, 6.45) is 0. The van der Waals surface area contributed by atoms with Crippen molar-refractivity contribution >= 4 is 12.0 Å². The van der Waals surface area contributed by atoms with E-state index in [-0.39, 0.29) is 5.97 Å². The van der Waals surface area contributed by atoms with Crippen molar-refractivity contribution < 1.29 is 14.3 Å². The summed E-state index contributed by atoms with van der Waals surface area (Å²) in [5.74, 6) is -0.355. The van der Waals surface area contributed by atoms with Gasteiger partial charge in [0.1, 0.15) is 6.04 Å². The third-order valence-corrected chi connectivity index (χ3v) is 3.30. The molecule has 0 aliphatic carbocycles. The van der Waals surface area contributed by atoms with Crippen LogP contribution in [0.4, 0.5) is 0 Å². The van der Waals surface area contributed by atoms with Crippen molar-refractivity contribution in [3.05, 3.63) is 46.7 Å². The molecule has 21 heavy (non-hydrogen) atoms. The first-order valence-electron chi connectivity index (χ1n) is 6.90. The van der Waals surface area contributed by atoms with Crippen LogP contribution >= 0.6 is 0 Å². The van der Waals surface area contributed by atoms with Gasteiger partial charge >= 0.3 is 5.97 Å². The van der Waals surface area contributed by atoms with Crippen LogP contribution < -0.4 is 5.32 Å². The number of nitrogens with one attached hydrogen (secondary N) is 1. The number of nitrogens with zero attached hydrogens (tertiary/aromatic N) is 1. The Labute approximate surface area is 124 Å². The largest absolute Gasteiger partial charge is 0.468 e. The number of aryl methyl sites for hydroxylation is 1. The Kier molecular flexibility index (Phi) is 4.62. The summed E-state index contributed by atoms with van der Waals surface area (Å²) in [6.45, 7) is 5.95. The molecule has 1 heterocycles. The molecule has 0 amide bonds. The average Bonchev–Trinajstić information content (AvgIpc) is 2.47. The third kappa shape index (κ3) is 3.24. The van der Waals surface area contributed by atoms with Crippen LogP contribution in [0.2, 0.25) is 0 Å². The summed E-state index contributed by atoms with van der Waals surface area (Å²) in [5, 5.41) is 2.97. The second-order valence-corrected chi connectivity index (χ2v) is 4.84. The van der Waals surface area contributed by atoms with E-state index >= 15 is 0 Å². The van der Waals surface area contributed by atoms with Crippen molar-refractivity contribution in [2.75, 3.05) is 13.7 Å². The van der Waals surface area contributed by atoms with Gasteiger partial charge in [0.05, 0.1) is 19.3 Å². The summed E-state index contributed by atoms with van der Waals surface area (Å²) < 4.78 is 10.3. The van der Waals surface area contributed by atoms with Crippen LogP contribution in [0.15, 0.2) is 40.5 Å². The number of benzene rings is 1. The van der Waals surface area contributed by atoms with Crippen molar-refractivity contribution in [1.29, 1.82) is 0 Å². The normalized spacial score (nSPS) is 17.9. The molecule has 1 atom stereocenters. The highest BCUT2D eigenvalue weighted by molar-refractivity contribution is 5.94. The number of esters is 1. The number of rotatable bonds is 3. The molecule has 1 unspecified atom stereocenters. The molecule has 1 aromatic carbocycles. The van der Waals surface area contributed by atoms with E-state index in [1.807, 2.05) is 38.1 Å². The van der Waals surface area contributed by atoms with Gasteiger partial charge in [-0.2, -0.15) is 0 Å². The maximum absolute atomic E-state index is 12.2. The number of amidine groups is 1. The van der Waals surface area contributed by atoms with Gasteiger partial charge in [-0.3, -0.25) is 0 Å². The Morgan fingerprint density at radius 3 is 2.52 bits per heavy atom. The molecule has 0 bridgehead atoms. The Balaban J connectivity index is 2.44. The van der Waals surface area contributed by atoms with E-state index in [1.54, 1.807) is 14.0 Å². The van der Waals surface area contributed by atoms with Crippen molar-refractivity contribution in [3.8, 4) is 0 Å². The molecular weight excluding hydrogens is 268 g/mol. The second-order valence-electron chi connectivity index (χ2n) is 4.84. The summed E-state index contributed by atoms with van der Waals surface area (Å²) in [6, 6.07) is 7.91. The molecule has 0 spiro atoms. The standard InChI is InChI=1S/C16H20N2O3/c1-5-21-15(19)13-11(3)17-16(20-4)18-14(13)12-8-6-10(2)7-9-12/h6-9,14H,5H2,1-4H3,(H,17,18). The first-order valence-corrected chi connectivity index (χ1v) is 6.90. The number of carbonyl (C=O) groups excluding carboxylic acids is 1. The molecule has 0 fully saturated rings. The summed E-state index contributed by atoms with van der Waals surface area (Å²) in [7, 11) is 1.54. The number of methoxy groups -OCH3 is 1. The van der Waals surface area contributed by atoms with Crippen molar-refractivity contribution in [2.24, 2.45) is 4.99 Å². The minimum absolute atomic E-state index is 0.330. The Bertz CT molecular complexity index is 588. The SMILES string of the molecule is CCOC(=O)C1=C(C)NC(OC)=NC1c1ccc(C)cc1. The van der Waals surface area contributed by atoms with Gasteiger partial charge in [-0.05, 0) is 26.3 Å². The van der Waals surface area contributed by atoms with E-state index < -0.39 is 6.04 Å². The van der Waals surface area contributed by atoms with Crippen molar-refractivity contribution in [2.45, 2.75) is 26.8 Å². The van der Waals surface area contributed by atoms with Crippen LogP contribution in [-0.2, 0) is 14.3 Å². The summed E-state index contributed by atoms with van der Waals surface area (Å²) >= 11 is 0. The lowest BCUT2D eigenvalue weighted by Crippen LogP contribution is -2.33. The van der Waals surface area contributed by atoms with E-state index in [1.165, 1.54) is 0 Å². The molecule has 1 aliphatic rings. The second kappa shape index (κ2) is 6.43. The van der Waals surface area contributed by atoms with Crippen LogP contribution in [0.25, 0.3) is 0 Å². The molecule has 1 aliphatic heterocycles. The Morgan fingerprint density at radius 2 is 1.95 bits per heavy atom. The van der Waals surface area contributed by atoms with Gasteiger partial charge in [0.25, 0.3) is 6.02 Å². The molecule has 1 N–H and O–H groups in total. The number of hydrogen-bond donors (Lipinski definition) is 1. The molecule has 5 nitrogen and oxygen atoms in total. The van der Waals surface area contributed by atoms with Crippen LogP contribution in [-0.4, -0.2) is 25.7 Å². The molecule has 0 saturated carbocycles. The predicted molar refractivity (Wildman–Crippen MR) is 80.8 cm³/mol. The maximum Gasteiger partial charge on any atom is 0.338 e. The minimum Gasteiger partial charge on any atom is -0.468 e. The fourth-order valence-corrected chi connectivity index (χ4v) is 2.21. The Hall–Kier alpha value is -2.30. The van der Waals surface area contributed by atoms with E-state index in [2.05, 4.69) is 10.3 Å². The van der Waals surface area contributed by atoms with E-state index in [9.17, 15) is 4.79 Å². The highest BCUT2D eigenvalue weighted by Gasteiger charge is 2.30. The van der Waals surface area contributed by atoms with Crippen LogP contribution in [0.3, 0.4) is 0 Å². The molecular formula is C16H20N2O3. The van der Waals surface area contributed by atoms with E-state index in [0.717, 1.165) is 11.1 Å². The lowest BCUT2D eigenvalue weighted by Gasteiger charge is -2.25. The fourth-order valence-electron chi connectivity index (χ4n) is 2.21. The van der Waals surface area contributed by atoms with Gasteiger partial charge in [0.2, 0.25) is 0 Å². The highest BCUT2D eigenvalue weighted by atomic mass is 16.5. The fraction of sp³-hybridized carbons (Fsp3) is 0.375. The predicted octanol–water partition coefficient (Wildman–Crippen LogP) is 2.48. The molecule has 0 saturated heterocycles. The number of allylic oxidation sites excluding steroid dienone is 1. The molecule has 1 aromatic rings. The quantitative estimate of drug-likeness (QED) is 0.868. The van der Waals surface area contributed by atoms with Crippen LogP contribution in [0.5, 0.6) is 0 Å². The third-order valence-electron chi connectivity index (χ3n) is 3.30. The first-order chi connectivity index (χ1) is 10.1. The van der Waals surface area contributed by atoms with Gasteiger partial charge in [-0.1, -0.05) is 29.8 Å². The van der Waals surface area contributed by atoms with Crippen molar-refractivity contribution in [1.82, 2.24) is 5.32 Å². The number of hydrogen-bond acceptors (Lipinski definition) is 5. The van der Waals surface area contributed by atoms with Gasteiger partial charge in [-0.25, -0.2) is 9.79 Å². The number of aliphatic imine (C=N–C) groups is 1. The van der Waals surface area contributed by atoms with Gasteiger partial charge in [0.15, 0.2) is 0 Å². The van der Waals surface area contributed by atoms with E-state index in [4.69, 9.17) is 9.47 Å². The van der Waals surface area contributed by atoms with Crippen LogP contribution in [0.1, 0.15) is 31.0 Å². The van der Waals surface area contributed by atoms with Gasteiger partial charge in [-0.15, -0.1) is 0 Å². The minimum atomic E-state index is -0.416. The first kappa shape index (κ1) is 15.1. The van der Waals surface area contributed by atoms with Gasteiger partial charge < -0.3 is 14.8 Å². The zero-order chi connectivity index (χ0) is 15.4.